The molecule has 10 N–H and O–H groups in total. The minimum atomic E-state index is -0.534. The number of fused-ring (bicyclic) bond motifs is 6. The van der Waals surface area contributed by atoms with Crippen LogP contribution in [0.3, 0.4) is 0 Å². The number of rotatable bonds is 7. The normalized spacial score (nSPS) is 13.3. The summed E-state index contributed by atoms with van der Waals surface area (Å²) < 4.78 is 44.2. The number of aryl methyl sites for hydroxylation is 3. The fourth-order valence-electron chi connectivity index (χ4n) is 9.24. The van der Waals surface area contributed by atoms with Gasteiger partial charge in [0.15, 0.2) is 63.5 Å². The first-order chi connectivity index (χ1) is 33.4. The van der Waals surface area contributed by atoms with Crippen LogP contribution >= 0.6 is 0 Å². The summed E-state index contributed by atoms with van der Waals surface area (Å²) in [6.45, 7) is 2.73. The highest BCUT2D eigenvalue weighted by molar-refractivity contribution is 5.98. The lowest BCUT2D eigenvalue weighted by Gasteiger charge is -2.11. The minimum Gasteiger partial charge on any atom is -0.384 e. The van der Waals surface area contributed by atoms with Gasteiger partial charge in [-0.1, -0.05) is 36.4 Å². The van der Waals surface area contributed by atoms with E-state index in [1.54, 1.807) is 0 Å². The number of nitrogens with one attached hydrogen (secondary N) is 6. The molecule has 6 heterocycles. The van der Waals surface area contributed by atoms with Crippen LogP contribution in [0.25, 0.3) is 33.1 Å². The molecule has 0 spiro atoms. The molecular weight excluding hydrogens is 888 g/mol. The lowest BCUT2D eigenvalue weighted by molar-refractivity contribution is -0.114. The summed E-state index contributed by atoms with van der Waals surface area (Å²) in [7, 11) is 0. The molecule has 3 aliphatic carbocycles. The quantitative estimate of drug-likeness (QED) is 0.0743. The molecule has 20 heteroatoms. The second kappa shape index (κ2) is 18.3. The Hall–Kier alpha value is -8.55. The molecule has 0 radical (unpaired) electrons. The van der Waals surface area contributed by atoms with Crippen LogP contribution in [0, 0.1) is 17.5 Å². The Morgan fingerprint density at radius 1 is 0.594 bits per heavy atom. The van der Waals surface area contributed by atoms with Crippen molar-refractivity contribution in [1.82, 2.24) is 45.1 Å². The van der Waals surface area contributed by atoms with Gasteiger partial charge in [0, 0.05) is 30.9 Å². The maximum atomic E-state index is 14.5. The minimum absolute atomic E-state index is 0.0604. The van der Waals surface area contributed by atoms with Gasteiger partial charge in [-0.15, -0.1) is 5.10 Å². The summed E-state index contributed by atoms with van der Waals surface area (Å²) in [6.07, 6.45) is 9.47. The van der Waals surface area contributed by atoms with Crippen LogP contribution in [-0.4, -0.2) is 56.9 Å². The third-order valence-electron chi connectivity index (χ3n) is 12.5. The highest BCUT2D eigenvalue weighted by atomic mass is 19.1. The lowest BCUT2D eigenvalue weighted by atomic mass is 10.1. The molecule has 12 rings (SSSR count). The molecule has 0 saturated carbocycles. The molecule has 350 valence electrons. The third kappa shape index (κ3) is 8.78. The van der Waals surface area contributed by atoms with Gasteiger partial charge >= 0.3 is 0 Å². The van der Waals surface area contributed by atoms with E-state index in [-0.39, 0.29) is 46.6 Å². The van der Waals surface area contributed by atoms with E-state index < -0.39 is 17.5 Å². The van der Waals surface area contributed by atoms with Crippen molar-refractivity contribution in [1.29, 1.82) is 0 Å². The van der Waals surface area contributed by atoms with Gasteiger partial charge in [0.05, 0.1) is 16.2 Å². The number of nitrogen functional groups attached to an aromatic ring is 2. The highest BCUT2D eigenvalue weighted by Gasteiger charge is 2.22. The maximum Gasteiger partial charge on any atom is 0.245 e. The molecule has 0 fully saturated rings. The topological polar surface area (TPSA) is 248 Å². The van der Waals surface area contributed by atoms with Crippen molar-refractivity contribution >= 4 is 96.9 Å². The van der Waals surface area contributed by atoms with E-state index in [4.69, 9.17) is 11.5 Å². The first-order valence-corrected chi connectivity index (χ1v) is 22.5. The number of hydrogen-bond acceptors (Lipinski definition) is 13. The summed E-state index contributed by atoms with van der Waals surface area (Å²) in [5.74, 6) is -1.02. The number of H-pyrrole nitrogens is 2. The van der Waals surface area contributed by atoms with E-state index in [1.165, 1.54) is 65.4 Å². The molecule has 0 atom stereocenters. The van der Waals surface area contributed by atoms with Gasteiger partial charge in [-0.2, -0.15) is 14.9 Å². The van der Waals surface area contributed by atoms with Crippen LogP contribution in [0.2, 0.25) is 0 Å². The maximum absolute atomic E-state index is 14.5. The second-order valence-electron chi connectivity index (χ2n) is 17.1. The molecule has 1 amide bonds. The van der Waals surface area contributed by atoms with Crippen molar-refractivity contribution in [2.45, 2.75) is 71.6 Å². The van der Waals surface area contributed by atoms with Crippen LogP contribution in [0.5, 0.6) is 0 Å². The molecule has 0 unspecified atom stereocenters. The first kappa shape index (κ1) is 44.3. The summed E-state index contributed by atoms with van der Waals surface area (Å²) in [5.41, 5.74) is 22.7. The van der Waals surface area contributed by atoms with Crippen LogP contribution in [0.15, 0.2) is 72.8 Å². The van der Waals surface area contributed by atoms with E-state index >= 15 is 0 Å². The van der Waals surface area contributed by atoms with Crippen molar-refractivity contribution in [3.8, 4) is 0 Å². The Balaban J connectivity index is 0.000000121. The Morgan fingerprint density at radius 2 is 1.09 bits per heavy atom. The van der Waals surface area contributed by atoms with Gasteiger partial charge in [0.2, 0.25) is 11.8 Å². The van der Waals surface area contributed by atoms with E-state index in [0.29, 0.717) is 33.3 Å². The number of anilines is 9. The number of carbonyl (C=O) groups excluding carboxylic acids is 2. The van der Waals surface area contributed by atoms with Crippen LogP contribution < -0.4 is 32.7 Å². The Morgan fingerprint density at radius 3 is 1.61 bits per heavy atom. The van der Waals surface area contributed by atoms with Crippen LogP contribution in [-0.2, 0) is 43.3 Å². The van der Waals surface area contributed by atoms with E-state index in [2.05, 4.69) is 79.9 Å². The van der Waals surface area contributed by atoms with E-state index in [1.807, 2.05) is 36.4 Å². The summed E-state index contributed by atoms with van der Waals surface area (Å²) in [4.78, 5) is 35.6. The molecule has 0 bridgehead atoms. The monoisotopic (exact) mass is 933 g/mol. The fourth-order valence-corrected chi connectivity index (χ4v) is 9.24. The van der Waals surface area contributed by atoms with Gasteiger partial charge in [-0.3, -0.25) is 19.8 Å². The zero-order valence-corrected chi connectivity index (χ0v) is 37.5. The lowest BCUT2D eigenvalue weighted by Crippen LogP contribution is -2.09. The number of nitrogens with two attached hydrogens (primary N) is 2. The highest BCUT2D eigenvalue weighted by Crippen LogP contribution is 2.35. The summed E-state index contributed by atoms with van der Waals surface area (Å²) >= 11 is 0. The van der Waals surface area contributed by atoms with Crippen molar-refractivity contribution in [2.24, 2.45) is 0 Å². The van der Waals surface area contributed by atoms with Crippen molar-refractivity contribution in [3.05, 3.63) is 124 Å². The summed E-state index contributed by atoms with van der Waals surface area (Å²) in [6, 6.07) is 21.9. The second-order valence-corrected chi connectivity index (χ2v) is 17.1. The molecule has 9 aromatic rings. The van der Waals surface area contributed by atoms with Crippen LogP contribution in [0.1, 0.15) is 71.3 Å². The van der Waals surface area contributed by atoms with E-state index in [9.17, 15) is 22.8 Å². The molecule has 3 aliphatic rings. The Labute approximate surface area is 391 Å². The van der Waals surface area contributed by atoms with Gasteiger partial charge in [0.1, 0.15) is 5.82 Å². The molecule has 69 heavy (non-hydrogen) atoms. The van der Waals surface area contributed by atoms with Gasteiger partial charge < -0.3 is 32.7 Å². The van der Waals surface area contributed by atoms with Gasteiger partial charge in [0.25, 0.3) is 0 Å². The molecule has 3 aromatic carbocycles. The average Bonchev–Trinajstić information content (AvgIpc) is 4.21. The SMILES string of the molecule is CC(=O)Nc1n[nH]c2nc(Nc3cccc4c3CCC4)c(F)cc12.CC(=O)n1nc(N)c2cc(F)c(Nc3cccc4c3CCC4)nc21.Nc1[nH]nc2nc(Nc3cccc4c3CCC4)c(F)cc12. The number of hydrogen-bond donors (Lipinski definition) is 8. The van der Waals surface area contributed by atoms with Crippen molar-refractivity contribution < 1.29 is 22.8 Å². The molecule has 6 aromatic heterocycles. The van der Waals surface area contributed by atoms with Crippen molar-refractivity contribution in [3.63, 3.8) is 0 Å². The van der Waals surface area contributed by atoms with Crippen LogP contribution in [0.4, 0.5) is 65.1 Å². The Bertz CT molecular complexity index is 3490. The molecule has 0 saturated heterocycles. The fraction of sp³-hybridized carbons (Fsp3) is 0.224. The zero-order chi connectivity index (χ0) is 47.9. The first-order valence-electron chi connectivity index (χ1n) is 22.5. The molecule has 17 nitrogen and oxygen atoms in total. The number of pyridine rings is 3. The molecular formula is C49H46F3N15O2. The van der Waals surface area contributed by atoms with Gasteiger partial charge in [-0.25, -0.2) is 28.1 Å². The predicted octanol–water partition coefficient (Wildman–Crippen LogP) is 9.24. The van der Waals surface area contributed by atoms with Crippen molar-refractivity contribution in [2.75, 3.05) is 32.7 Å². The number of carbonyl (C=O) groups is 2. The van der Waals surface area contributed by atoms with Gasteiger partial charge in [-0.05, 0) is 128 Å². The number of aromatic nitrogens is 9. The third-order valence-corrected chi connectivity index (χ3v) is 12.5. The number of amides is 1. The average molecular weight is 934 g/mol. The van der Waals surface area contributed by atoms with E-state index in [0.717, 1.165) is 79.5 Å². The Kier molecular flexibility index (Phi) is 11.7. The number of nitrogens with zero attached hydrogens (tertiary/aromatic N) is 7. The predicted molar refractivity (Wildman–Crippen MR) is 260 cm³/mol. The number of aromatic amines is 2. The standard InChI is InChI=1S/2C17H16FN5O.C15H14FN5/c1-9(24)23-17-12(15(19)22-23)8-13(18)16(21-17)20-14-7-3-5-10-4-2-6-11(10)14;1-9(24)19-15-12-8-13(18)17(21-16(12)23-22-15)20-14-7-3-5-10-4-2-6-11(10)14;16-11-7-10-13(17)20-21-14(10)19-15(11)18-12-6-2-4-8-3-1-5-9(8)12/h3,5,7-8H,2,4,6H2,1H3,(H2,19,22)(H,20,21);3,5,7-8H,2,4,6H2,1H3,(H3,19,20,21,22,23,24);2,4,6-7H,1,3,5H2,(H4,17,18,19,20,21). The largest absolute Gasteiger partial charge is 0.384 e. The zero-order valence-electron chi connectivity index (χ0n) is 37.5. The summed E-state index contributed by atoms with van der Waals surface area (Å²) in [5, 5.41) is 30.2. The number of benzene rings is 3. The smallest absolute Gasteiger partial charge is 0.245 e. The molecule has 0 aliphatic heterocycles. The number of halogens is 3.